The Morgan fingerprint density at radius 3 is 2.85 bits per heavy atom. The molecule has 0 saturated carbocycles. The number of nitrogen functional groups attached to an aromatic ring is 1. The highest BCUT2D eigenvalue weighted by Gasteiger charge is 2.29. The Bertz CT molecular complexity index is 531. The van der Waals surface area contributed by atoms with Gasteiger partial charge in [-0.2, -0.15) is 0 Å². The van der Waals surface area contributed by atoms with Gasteiger partial charge in [-0.1, -0.05) is 0 Å². The van der Waals surface area contributed by atoms with E-state index in [0.29, 0.717) is 12.3 Å². The van der Waals surface area contributed by atoms with Gasteiger partial charge in [0.2, 0.25) is 0 Å². The van der Waals surface area contributed by atoms with Crippen molar-refractivity contribution in [1.82, 2.24) is 0 Å². The molecule has 0 aromatic heterocycles. The second-order valence-corrected chi connectivity index (χ2v) is 5.67. The summed E-state index contributed by atoms with van der Waals surface area (Å²) in [6, 6.07) is 2.40. The molecule has 1 unspecified atom stereocenters. The molecule has 1 aliphatic heterocycles. The van der Waals surface area contributed by atoms with Crippen molar-refractivity contribution in [3.8, 4) is 0 Å². The van der Waals surface area contributed by atoms with Gasteiger partial charge in [0.05, 0.1) is 22.5 Å². The predicted molar refractivity (Wildman–Crippen MR) is 74.4 cm³/mol. The smallest absolute Gasteiger partial charge is 0.338 e. The maximum Gasteiger partial charge on any atom is 0.338 e. The van der Waals surface area contributed by atoms with Crippen LogP contribution in [0.1, 0.15) is 37.0 Å². The average molecular weight is 282 g/mol. The minimum atomic E-state index is -1.33. The Balaban J connectivity index is 2.18. The van der Waals surface area contributed by atoms with Crippen molar-refractivity contribution in [2.75, 3.05) is 17.7 Å². The number of carbonyl (C=O) groups is 1. The fraction of sp³-hybridized carbons (Fsp3) is 0.500. The van der Waals surface area contributed by atoms with Crippen LogP contribution in [0.5, 0.6) is 0 Å². The van der Waals surface area contributed by atoms with Crippen molar-refractivity contribution >= 4 is 17.3 Å². The van der Waals surface area contributed by atoms with E-state index in [-0.39, 0.29) is 17.3 Å². The molecule has 0 amide bonds. The zero-order chi connectivity index (χ0) is 14.9. The van der Waals surface area contributed by atoms with Crippen LogP contribution in [0.3, 0.4) is 0 Å². The highest BCUT2D eigenvalue weighted by atomic mass is 19.1. The van der Waals surface area contributed by atoms with Gasteiger partial charge in [0.15, 0.2) is 0 Å². The molecule has 0 bridgehead atoms. The first-order chi connectivity index (χ1) is 9.28. The van der Waals surface area contributed by atoms with E-state index in [4.69, 9.17) is 15.6 Å². The minimum absolute atomic E-state index is 0.121. The summed E-state index contributed by atoms with van der Waals surface area (Å²) in [4.78, 5) is 10.8. The molecule has 2 rings (SSSR count). The minimum Gasteiger partial charge on any atom is -0.478 e. The standard InChI is InChI=1S/C14H19FN2O3/c1-14(2)7-8(3-4-20-14)17-12-6-10(15)9(13(18)19)5-11(12)16/h5-6,8,17H,3-4,7,16H2,1-2H3,(H,18,19). The molecule has 0 radical (unpaired) electrons. The lowest BCUT2D eigenvalue weighted by Gasteiger charge is -2.36. The molecule has 4 N–H and O–H groups in total. The SMILES string of the molecule is CC1(C)CC(Nc2cc(F)c(C(=O)O)cc2N)CCO1. The molecule has 1 saturated heterocycles. The molecule has 20 heavy (non-hydrogen) atoms. The number of halogens is 1. The maximum absolute atomic E-state index is 13.7. The molecule has 1 aliphatic rings. The second kappa shape index (κ2) is 5.28. The number of hydrogen-bond acceptors (Lipinski definition) is 4. The van der Waals surface area contributed by atoms with Crippen LogP contribution in [0.4, 0.5) is 15.8 Å². The number of benzene rings is 1. The van der Waals surface area contributed by atoms with E-state index < -0.39 is 17.3 Å². The van der Waals surface area contributed by atoms with Crippen molar-refractivity contribution in [2.45, 2.75) is 38.3 Å². The van der Waals surface area contributed by atoms with E-state index in [1.807, 2.05) is 13.8 Å². The Kier molecular flexibility index (Phi) is 3.85. The summed E-state index contributed by atoms with van der Waals surface area (Å²) in [6.45, 7) is 4.62. The Hall–Kier alpha value is -1.82. The molecular formula is C14H19FN2O3. The lowest BCUT2D eigenvalue weighted by atomic mass is 9.93. The fourth-order valence-electron chi connectivity index (χ4n) is 2.45. The van der Waals surface area contributed by atoms with Gasteiger partial charge in [-0.3, -0.25) is 0 Å². The zero-order valence-electron chi connectivity index (χ0n) is 11.6. The fourth-order valence-corrected chi connectivity index (χ4v) is 2.45. The predicted octanol–water partition coefficient (Wildman–Crippen LogP) is 2.48. The van der Waals surface area contributed by atoms with Crippen molar-refractivity contribution in [3.63, 3.8) is 0 Å². The van der Waals surface area contributed by atoms with Gasteiger partial charge in [-0.25, -0.2) is 9.18 Å². The molecule has 1 fully saturated rings. The van der Waals surface area contributed by atoms with E-state index in [9.17, 15) is 9.18 Å². The number of nitrogens with two attached hydrogens (primary N) is 1. The van der Waals surface area contributed by atoms with Crippen LogP contribution in [0.2, 0.25) is 0 Å². The van der Waals surface area contributed by atoms with Gasteiger partial charge in [-0.15, -0.1) is 0 Å². The number of rotatable bonds is 3. The number of carboxylic acids is 1. The first-order valence-corrected chi connectivity index (χ1v) is 6.51. The molecule has 110 valence electrons. The summed E-state index contributed by atoms with van der Waals surface area (Å²) < 4.78 is 19.3. The molecule has 0 aliphatic carbocycles. The molecule has 1 aromatic rings. The molecule has 6 heteroatoms. The summed E-state index contributed by atoms with van der Waals surface area (Å²) in [6.07, 6.45) is 1.57. The first-order valence-electron chi connectivity index (χ1n) is 6.51. The lowest BCUT2D eigenvalue weighted by Crippen LogP contribution is -2.40. The number of carboxylic acid groups (broad SMARTS) is 1. The zero-order valence-corrected chi connectivity index (χ0v) is 11.6. The number of nitrogens with one attached hydrogen (secondary N) is 1. The highest BCUT2D eigenvalue weighted by Crippen LogP contribution is 2.29. The number of aromatic carboxylic acids is 1. The van der Waals surface area contributed by atoms with Gasteiger partial charge >= 0.3 is 5.97 Å². The van der Waals surface area contributed by atoms with E-state index in [0.717, 1.165) is 25.0 Å². The largest absolute Gasteiger partial charge is 0.478 e. The summed E-state index contributed by atoms with van der Waals surface area (Å²) in [5, 5.41) is 12.0. The van der Waals surface area contributed by atoms with Gasteiger partial charge in [0, 0.05) is 12.6 Å². The van der Waals surface area contributed by atoms with Crippen LogP contribution in [0.25, 0.3) is 0 Å². The van der Waals surface area contributed by atoms with Crippen LogP contribution >= 0.6 is 0 Å². The van der Waals surface area contributed by atoms with Gasteiger partial charge in [0.25, 0.3) is 0 Å². The van der Waals surface area contributed by atoms with Crippen LogP contribution in [-0.2, 0) is 4.74 Å². The Labute approximate surface area is 116 Å². The van der Waals surface area contributed by atoms with Crippen LogP contribution < -0.4 is 11.1 Å². The van der Waals surface area contributed by atoms with Crippen molar-refractivity contribution in [1.29, 1.82) is 0 Å². The van der Waals surface area contributed by atoms with Crippen molar-refractivity contribution < 1.29 is 19.0 Å². The molecule has 1 aromatic carbocycles. The topological polar surface area (TPSA) is 84.6 Å². The third-order valence-corrected chi connectivity index (χ3v) is 3.43. The second-order valence-electron chi connectivity index (χ2n) is 5.67. The molecule has 1 atom stereocenters. The third-order valence-electron chi connectivity index (χ3n) is 3.43. The summed E-state index contributed by atoms with van der Waals surface area (Å²) in [7, 11) is 0. The quantitative estimate of drug-likeness (QED) is 0.742. The van der Waals surface area contributed by atoms with Crippen LogP contribution in [-0.4, -0.2) is 29.3 Å². The number of anilines is 2. The lowest BCUT2D eigenvalue weighted by molar-refractivity contribution is -0.0553. The third kappa shape index (κ3) is 3.19. The Morgan fingerprint density at radius 1 is 1.55 bits per heavy atom. The average Bonchev–Trinajstić information content (AvgIpc) is 2.31. The molecule has 0 spiro atoms. The van der Waals surface area contributed by atoms with E-state index in [1.54, 1.807) is 0 Å². The molecule has 1 heterocycles. The maximum atomic E-state index is 13.7. The first kappa shape index (κ1) is 14.6. The summed E-state index contributed by atoms with van der Waals surface area (Å²) >= 11 is 0. The molecule has 5 nitrogen and oxygen atoms in total. The highest BCUT2D eigenvalue weighted by molar-refractivity contribution is 5.90. The number of hydrogen-bond donors (Lipinski definition) is 3. The van der Waals surface area contributed by atoms with E-state index >= 15 is 0 Å². The van der Waals surface area contributed by atoms with Gasteiger partial charge < -0.3 is 20.9 Å². The Morgan fingerprint density at radius 2 is 2.25 bits per heavy atom. The van der Waals surface area contributed by atoms with Gasteiger partial charge in [0.1, 0.15) is 5.82 Å². The van der Waals surface area contributed by atoms with Crippen molar-refractivity contribution in [3.05, 3.63) is 23.5 Å². The summed E-state index contributed by atoms with van der Waals surface area (Å²) in [5.74, 6) is -2.12. The molecular weight excluding hydrogens is 263 g/mol. The van der Waals surface area contributed by atoms with E-state index in [2.05, 4.69) is 5.32 Å². The summed E-state index contributed by atoms with van der Waals surface area (Å²) in [5.41, 5.74) is 5.80. The van der Waals surface area contributed by atoms with Crippen LogP contribution in [0.15, 0.2) is 12.1 Å². The number of ether oxygens (including phenoxy) is 1. The van der Waals surface area contributed by atoms with Crippen LogP contribution in [0, 0.1) is 5.82 Å². The van der Waals surface area contributed by atoms with Crippen molar-refractivity contribution in [2.24, 2.45) is 0 Å². The normalized spacial score (nSPS) is 21.4. The van der Waals surface area contributed by atoms with E-state index in [1.165, 1.54) is 0 Å². The van der Waals surface area contributed by atoms with Gasteiger partial charge in [-0.05, 0) is 38.8 Å². The monoisotopic (exact) mass is 282 g/mol.